The van der Waals surface area contributed by atoms with Gasteiger partial charge in [0.25, 0.3) is 5.91 Å². The van der Waals surface area contributed by atoms with Crippen LogP contribution < -0.4 is 4.90 Å². The number of hydrogen-bond donors (Lipinski definition) is 1. The second kappa shape index (κ2) is 9.37. The van der Waals surface area contributed by atoms with E-state index in [1.165, 1.54) is 28.0 Å². The molecule has 2 rings (SSSR count). The highest BCUT2D eigenvalue weighted by atomic mass is 35.5. The number of carbonyl (C=O) groups is 1. The van der Waals surface area contributed by atoms with Gasteiger partial charge < -0.3 is 4.90 Å². The van der Waals surface area contributed by atoms with Gasteiger partial charge in [-0.15, -0.1) is 0 Å². The lowest BCUT2D eigenvalue weighted by Crippen LogP contribution is -2.37. The predicted molar refractivity (Wildman–Crippen MR) is 100 cm³/mol. The number of rotatable bonds is 8. The molecule has 12 heteroatoms. The summed E-state index contributed by atoms with van der Waals surface area (Å²) in [5.74, 6) is -1.67. The molecule has 6 nitrogen and oxygen atoms in total. The summed E-state index contributed by atoms with van der Waals surface area (Å²) >= 11 is 6.94. The quantitative estimate of drug-likeness (QED) is 0.383. The minimum Gasteiger partial charge on any atom is -0.303 e. The van der Waals surface area contributed by atoms with E-state index >= 15 is 0 Å². The van der Waals surface area contributed by atoms with Crippen LogP contribution in [0.15, 0.2) is 24.7 Å². The SMILES string of the molecule is CCN(C(=O)C(=N)CSCCC(F)(F)F)c1cn(-c2cncc(F)c2)nc1Cl. The second-order valence-corrected chi connectivity index (χ2v) is 7.02. The Morgan fingerprint density at radius 3 is 2.71 bits per heavy atom. The number of aromatic nitrogens is 3. The van der Waals surface area contributed by atoms with Crippen molar-refractivity contribution < 1.29 is 22.4 Å². The number of amides is 1. The van der Waals surface area contributed by atoms with E-state index in [2.05, 4.69) is 10.1 Å². The van der Waals surface area contributed by atoms with Crippen molar-refractivity contribution in [2.45, 2.75) is 19.5 Å². The molecule has 0 spiro atoms. The number of thioether (sulfide) groups is 1. The van der Waals surface area contributed by atoms with Gasteiger partial charge in [-0.3, -0.25) is 15.2 Å². The van der Waals surface area contributed by atoms with Gasteiger partial charge >= 0.3 is 6.18 Å². The van der Waals surface area contributed by atoms with E-state index in [0.29, 0.717) is 0 Å². The lowest BCUT2D eigenvalue weighted by molar-refractivity contribution is -0.129. The summed E-state index contributed by atoms with van der Waals surface area (Å²) in [6.07, 6.45) is -1.49. The van der Waals surface area contributed by atoms with E-state index in [4.69, 9.17) is 17.0 Å². The molecule has 2 aromatic heterocycles. The van der Waals surface area contributed by atoms with E-state index in [1.54, 1.807) is 6.92 Å². The Balaban J connectivity index is 2.09. The fraction of sp³-hybridized carbons (Fsp3) is 0.375. The van der Waals surface area contributed by atoms with Crippen LogP contribution in [0.1, 0.15) is 13.3 Å². The normalized spacial score (nSPS) is 11.5. The molecule has 0 saturated heterocycles. The number of hydrogen-bond acceptors (Lipinski definition) is 5. The lowest BCUT2D eigenvalue weighted by atomic mass is 10.3. The molecule has 1 amide bonds. The summed E-state index contributed by atoms with van der Waals surface area (Å²) in [5, 5.41) is 11.8. The number of alkyl halides is 3. The van der Waals surface area contributed by atoms with Crippen molar-refractivity contribution in [2.24, 2.45) is 0 Å². The average Bonchev–Trinajstić information content (AvgIpc) is 3.00. The van der Waals surface area contributed by atoms with Crippen molar-refractivity contribution in [2.75, 3.05) is 23.0 Å². The second-order valence-electron chi connectivity index (χ2n) is 5.56. The molecular weight excluding hydrogens is 422 g/mol. The Kier molecular flexibility index (Phi) is 7.41. The Bertz CT molecular complexity index is 858. The first-order valence-corrected chi connectivity index (χ1v) is 9.55. The molecule has 0 aliphatic carbocycles. The molecule has 0 unspecified atom stereocenters. The summed E-state index contributed by atoms with van der Waals surface area (Å²) in [6.45, 7) is 1.81. The van der Waals surface area contributed by atoms with Crippen LogP contribution in [0.25, 0.3) is 5.69 Å². The number of halogens is 5. The number of anilines is 1. The molecule has 2 aromatic rings. The summed E-state index contributed by atoms with van der Waals surface area (Å²) in [6, 6.07) is 1.18. The molecule has 0 saturated carbocycles. The van der Waals surface area contributed by atoms with Gasteiger partial charge in [-0.05, 0) is 6.92 Å². The molecule has 28 heavy (non-hydrogen) atoms. The molecule has 0 atom stereocenters. The third kappa shape index (κ3) is 5.93. The Labute approximate surface area is 167 Å². The van der Waals surface area contributed by atoms with E-state index in [-0.39, 0.29) is 40.3 Å². The van der Waals surface area contributed by atoms with Crippen molar-refractivity contribution in [1.29, 1.82) is 5.41 Å². The van der Waals surface area contributed by atoms with Crippen molar-refractivity contribution in [1.82, 2.24) is 14.8 Å². The summed E-state index contributed by atoms with van der Waals surface area (Å²) in [5.41, 5.74) is 0.128. The monoisotopic (exact) mass is 437 g/mol. The van der Waals surface area contributed by atoms with Gasteiger partial charge in [0.2, 0.25) is 0 Å². The van der Waals surface area contributed by atoms with E-state index in [0.717, 1.165) is 18.0 Å². The van der Waals surface area contributed by atoms with Crippen molar-refractivity contribution in [3.05, 3.63) is 35.6 Å². The highest BCUT2D eigenvalue weighted by molar-refractivity contribution is 8.00. The zero-order valence-corrected chi connectivity index (χ0v) is 16.2. The smallest absolute Gasteiger partial charge is 0.303 e. The fourth-order valence-electron chi connectivity index (χ4n) is 2.19. The van der Waals surface area contributed by atoms with Gasteiger partial charge in [0.1, 0.15) is 17.2 Å². The molecule has 0 fully saturated rings. The molecule has 152 valence electrons. The van der Waals surface area contributed by atoms with E-state index < -0.39 is 24.3 Å². The largest absolute Gasteiger partial charge is 0.389 e. The molecule has 0 aliphatic heterocycles. The van der Waals surface area contributed by atoms with Crippen molar-refractivity contribution >= 4 is 40.7 Å². The third-order valence-corrected chi connectivity index (χ3v) is 4.75. The zero-order chi connectivity index (χ0) is 20.9. The van der Waals surface area contributed by atoms with Crippen molar-refractivity contribution in [3.8, 4) is 5.69 Å². The lowest BCUT2D eigenvalue weighted by Gasteiger charge is -2.19. The molecule has 0 aromatic carbocycles. The van der Waals surface area contributed by atoms with Gasteiger partial charge in [-0.2, -0.15) is 30.0 Å². The Morgan fingerprint density at radius 2 is 2.11 bits per heavy atom. The first kappa shape index (κ1) is 22.2. The van der Waals surface area contributed by atoms with Crippen LogP contribution in [0.2, 0.25) is 5.15 Å². The Morgan fingerprint density at radius 1 is 1.39 bits per heavy atom. The minimum atomic E-state index is -4.28. The summed E-state index contributed by atoms with van der Waals surface area (Å²) in [7, 11) is 0. The number of nitrogens with one attached hydrogen (secondary N) is 1. The highest BCUT2D eigenvalue weighted by Crippen LogP contribution is 2.27. The maximum Gasteiger partial charge on any atom is 0.389 e. The maximum atomic E-state index is 13.3. The van der Waals surface area contributed by atoms with Crippen LogP contribution in [-0.4, -0.2) is 50.6 Å². The number of pyridine rings is 1. The van der Waals surface area contributed by atoms with Gasteiger partial charge in [-0.25, -0.2) is 9.07 Å². The van der Waals surface area contributed by atoms with Gasteiger partial charge in [-0.1, -0.05) is 11.6 Å². The Hall–Kier alpha value is -2.14. The topological polar surface area (TPSA) is 74.9 Å². The number of carbonyl (C=O) groups excluding carboxylic acids is 1. The highest BCUT2D eigenvalue weighted by Gasteiger charge is 2.27. The predicted octanol–water partition coefficient (Wildman–Crippen LogP) is 4.12. The first-order valence-electron chi connectivity index (χ1n) is 8.02. The molecule has 1 N–H and O–H groups in total. The van der Waals surface area contributed by atoms with Crippen LogP contribution in [0.5, 0.6) is 0 Å². The van der Waals surface area contributed by atoms with Gasteiger partial charge in [0, 0.05) is 24.1 Å². The van der Waals surface area contributed by atoms with Crippen LogP contribution in [0.4, 0.5) is 23.2 Å². The van der Waals surface area contributed by atoms with E-state index in [9.17, 15) is 22.4 Å². The molecule has 0 bridgehead atoms. The minimum absolute atomic E-state index is 0.0445. The van der Waals surface area contributed by atoms with Gasteiger partial charge in [0.05, 0.1) is 30.7 Å². The molecule has 2 heterocycles. The molecule has 0 radical (unpaired) electrons. The van der Waals surface area contributed by atoms with Crippen LogP contribution in [0, 0.1) is 11.2 Å². The van der Waals surface area contributed by atoms with Gasteiger partial charge in [0.15, 0.2) is 5.15 Å². The third-order valence-electron chi connectivity index (χ3n) is 3.49. The standard InChI is InChI=1S/C16H16ClF4N5OS/c1-2-25(15(27)12(22)9-28-4-3-16(19,20)21)13-8-26(24-14(13)17)11-5-10(18)6-23-7-11/h5-8,22H,2-4,9H2,1H3. The average molecular weight is 438 g/mol. The summed E-state index contributed by atoms with van der Waals surface area (Å²) < 4.78 is 51.1. The van der Waals surface area contributed by atoms with Crippen LogP contribution in [0.3, 0.4) is 0 Å². The fourth-order valence-corrected chi connectivity index (χ4v) is 3.27. The first-order chi connectivity index (χ1) is 13.1. The number of nitrogens with zero attached hydrogens (tertiary/aromatic N) is 4. The summed E-state index contributed by atoms with van der Waals surface area (Å²) in [4.78, 5) is 17.4. The van der Waals surface area contributed by atoms with Crippen LogP contribution >= 0.6 is 23.4 Å². The zero-order valence-electron chi connectivity index (χ0n) is 14.6. The van der Waals surface area contributed by atoms with E-state index in [1.807, 2.05) is 0 Å². The molecular formula is C16H16ClF4N5OS. The van der Waals surface area contributed by atoms with Crippen LogP contribution in [-0.2, 0) is 4.79 Å². The van der Waals surface area contributed by atoms with Crippen molar-refractivity contribution in [3.63, 3.8) is 0 Å². The maximum absolute atomic E-state index is 13.3. The molecule has 0 aliphatic rings.